The molecule has 0 aliphatic carbocycles. The molecule has 0 atom stereocenters. The minimum atomic E-state index is -0.851. The van der Waals surface area contributed by atoms with Crippen molar-refractivity contribution < 1.29 is 14.5 Å². The summed E-state index contributed by atoms with van der Waals surface area (Å²) >= 11 is 3.32. The minimum Gasteiger partial charge on any atom is -0.438 e. The Labute approximate surface area is 128 Å². The third-order valence-corrected chi connectivity index (χ3v) is 3.15. The molecule has 8 heteroatoms. The summed E-state index contributed by atoms with van der Waals surface area (Å²) in [5.41, 5.74) is 5.54. The van der Waals surface area contributed by atoms with Gasteiger partial charge in [0.1, 0.15) is 17.5 Å². The van der Waals surface area contributed by atoms with Crippen LogP contribution < -0.4 is 10.5 Å². The van der Waals surface area contributed by atoms with E-state index in [-0.39, 0.29) is 17.1 Å². The molecule has 1 heterocycles. The Morgan fingerprint density at radius 3 is 2.71 bits per heavy atom. The molecule has 0 spiro atoms. The molecule has 2 aromatic rings. The van der Waals surface area contributed by atoms with E-state index in [1.165, 1.54) is 0 Å². The van der Waals surface area contributed by atoms with Crippen molar-refractivity contribution in [2.24, 2.45) is 5.73 Å². The lowest BCUT2D eigenvalue weighted by atomic mass is 10.2. The van der Waals surface area contributed by atoms with Crippen LogP contribution in [-0.4, -0.2) is 15.8 Å². The van der Waals surface area contributed by atoms with Crippen molar-refractivity contribution in [3.63, 3.8) is 0 Å². The second-order valence-corrected chi connectivity index (χ2v) is 5.10. The molecule has 1 amide bonds. The number of benzene rings is 1. The van der Waals surface area contributed by atoms with E-state index in [1.54, 1.807) is 12.1 Å². The summed E-state index contributed by atoms with van der Waals surface area (Å²) in [6, 6.07) is 6.31. The van der Waals surface area contributed by atoms with Crippen LogP contribution in [0.4, 0.5) is 5.69 Å². The van der Waals surface area contributed by atoms with E-state index < -0.39 is 10.8 Å². The highest BCUT2D eigenvalue weighted by Crippen LogP contribution is 2.29. The lowest BCUT2D eigenvalue weighted by Gasteiger charge is -2.10. The molecule has 0 bridgehead atoms. The van der Waals surface area contributed by atoms with Gasteiger partial charge in [0.05, 0.1) is 4.92 Å². The maximum atomic E-state index is 11.4. The summed E-state index contributed by atoms with van der Waals surface area (Å²) in [5, 5.41) is 10.7. The first-order chi connectivity index (χ1) is 9.88. The monoisotopic (exact) mass is 351 g/mol. The third kappa shape index (κ3) is 3.34. The van der Waals surface area contributed by atoms with E-state index in [0.717, 1.165) is 22.3 Å². The van der Waals surface area contributed by atoms with Crippen molar-refractivity contribution >= 4 is 27.5 Å². The first kappa shape index (κ1) is 14.9. The van der Waals surface area contributed by atoms with E-state index in [4.69, 9.17) is 10.5 Å². The van der Waals surface area contributed by atoms with Crippen molar-refractivity contribution in [3.8, 4) is 11.6 Å². The van der Waals surface area contributed by atoms with Crippen LogP contribution >= 0.6 is 15.9 Å². The van der Waals surface area contributed by atoms with Crippen LogP contribution in [0.2, 0.25) is 0 Å². The molecular weight excluding hydrogens is 342 g/mol. The van der Waals surface area contributed by atoms with E-state index >= 15 is 0 Å². The smallest absolute Gasteiger partial charge is 0.288 e. The summed E-state index contributed by atoms with van der Waals surface area (Å²) < 4.78 is 6.41. The zero-order valence-corrected chi connectivity index (χ0v) is 12.5. The summed E-state index contributed by atoms with van der Waals surface area (Å²) in [5.74, 6) is -0.448. The molecule has 0 saturated carbocycles. The number of ether oxygens (including phenoxy) is 1. The van der Waals surface area contributed by atoms with Crippen LogP contribution in [0.15, 0.2) is 34.9 Å². The first-order valence-electron chi connectivity index (χ1n) is 5.76. The molecule has 2 N–H and O–H groups in total. The fourth-order valence-corrected chi connectivity index (χ4v) is 2.11. The number of primary amides is 1. The van der Waals surface area contributed by atoms with Crippen LogP contribution in [0.3, 0.4) is 0 Å². The molecule has 0 aliphatic heterocycles. The highest BCUT2D eigenvalue weighted by molar-refractivity contribution is 9.10. The summed E-state index contributed by atoms with van der Waals surface area (Å²) in [6.07, 6.45) is 1.01. The van der Waals surface area contributed by atoms with Gasteiger partial charge in [-0.15, -0.1) is 0 Å². The Morgan fingerprint density at radius 1 is 1.43 bits per heavy atom. The SMILES string of the molecule is Cc1cc(Br)ccc1Oc1ncc([N+](=O)[O-])cc1C(N)=O. The van der Waals surface area contributed by atoms with Crippen molar-refractivity contribution in [1.29, 1.82) is 0 Å². The highest BCUT2D eigenvalue weighted by Gasteiger charge is 2.18. The van der Waals surface area contributed by atoms with Gasteiger partial charge in [0, 0.05) is 10.5 Å². The molecule has 0 fully saturated rings. The summed E-state index contributed by atoms with van der Waals surface area (Å²) in [4.78, 5) is 25.2. The molecule has 1 aromatic carbocycles. The Morgan fingerprint density at radius 2 is 2.14 bits per heavy atom. The zero-order valence-electron chi connectivity index (χ0n) is 10.9. The molecule has 108 valence electrons. The number of nitrogens with zero attached hydrogens (tertiary/aromatic N) is 2. The molecule has 7 nitrogen and oxygen atoms in total. The number of aromatic nitrogens is 1. The molecule has 2 rings (SSSR count). The van der Waals surface area contributed by atoms with Gasteiger partial charge >= 0.3 is 0 Å². The van der Waals surface area contributed by atoms with Crippen LogP contribution in [0.25, 0.3) is 0 Å². The number of rotatable bonds is 4. The summed E-state index contributed by atoms with van der Waals surface area (Å²) in [7, 11) is 0. The second-order valence-electron chi connectivity index (χ2n) is 4.18. The van der Waals surface area contributed by atoms with Crippen LogP contribution in [0.5, 0.6) is 11.6 Å². The van der Waals surface area contributed by atoms with Gasteiger partial charge in [0.15, 0.2) is 0 Å². The number of carbonyl (C=O) groups is 1. The predicted molar refractivity (Wildman–Crippen MR) is 78.4 cm³/mol. The van der Waals surface area contributed by atoms with E-state index in [2.05, 4.69) is 20.9 Å². The topological polar surface area (TPSA) is 108 Å². The van der Waals surface area contributed by atoms with Gasteiger partial charge in [-0.2, -0.15) is 0 Å². The Kier molecular flexibility index (Phi) is 4.18. The van der Waals surface area contributed by atoms with Crippen LogP contribution in [-0.2, 0) is 0 Å². The summed E-state index contributed by atoms with van der Waals surface area (Å²) in [6.45, 7) is 1.81. The number of pyridine rings is 1. The van der Waals surface area contributed by atoms with Crippen molar-refractivity contribution in [2.45, 2.75) is 6.92 Å². The number of aryl methyl sites for hydroxylation is 1. The number of nitrogens with two attached hydrogens (primary N) is 1. The standard InChI is InChI=1S/C13H10BrN3O4/c1-7-4-8(14)2-3-11(7)21-13-10(12(15)18)5-9(6-16-13)17(19)20/h2-6H,1H3,(H2,15,18). The van der Waals surface area contributed by atoms with Gasteiger partial charge in [-0.05, 0) is 30.7 Å². The molecule has 0 saturated heterocycles. The largest absolute Gasteiger partial charge is 0.438 e. The van der Waals surface area contributed by atoms with Gasteiger partial charge in [-0.25, -0.2) is 4.98 Å². The minimum absolute atomic E-state index is 0.0708. The van der Waals surface area contributed by atoms with Crippen molar-refractivity contribution in [3.05, 3.63) is 56.2 Å². The maximum Gasteiger partial charge on any atom is 0.288 e. The quantitative estimate of drug-likeness (QED) is 0.672. The average Bonchev–Trinajstić information content (AvgIpc) is 2.41. The Hall–Kier alpha value is -2.48. The average molecular weight is 352 g/mol. The molecular formula is C13H10BrN3O4. The van der Waals surface area contributed by atoms with Gasteiger partial charge in [0.25, 0.3) is 11.6 Å². The number of nitro groups is 1. The normalized spacial score (nSPS) is 10.2. The number of hydrogen-bond donors (Lipinski definition) is 1. The first-order valence-corrected chi connectivity index (χ1v) is 6.56. The van der Waals surface area contributed by atoms with E-state index in [0.29, 0.717) is 5.75 Å². The van der Waals surface area contributed by atoms with Crippen LogP contribution in [0, 0.1) is 17.0 Å². The Bertz CT molecular complexity index is 733. The van der Waals surface area contributed by atoms with Crippen LogP contribution in [0.1, 0.15) is 15.9 Å². The van der Waals surface area contributed by atoms with E-state index in [9.17, 15) is 14.9 Å². The fraction of sp³-hybridized carbons (Fsp3) is 0.0769. The van der Waals surface area contributed by atoms with Gasteiger partial charge in [-0.3, -0.25) is 14.9 Å². The maximum absolute atomic E-state index is 11.4. The number of carbonyl (C=O) groups excluding carboxylic acids is 1. The van der Waals surface area contributed by atoms with Gasteiger partial charge < -0.3 is 10.5 Å². The lowest BCUT2D eigenvalue weighted by molar-refractivity contribution is -0.385. The number of amides is 1. The molecule has 1 aromatic heterocycles. The second kappa shape index (κ2) is 5.88. The molecule has 0 unspecified atom stereocenters. The molecule has 21 heavy (non-hydrogen) atoms. The predicted octanol–water partition coefficient (Wildman–Crippen LogP) is 2.95. The fourth-order valence-electron chi connectivity index (χ4n) is 1.63. The van der Waals surface area contributed by atoms with Gasteiger partial charge in [-0.1, -0.05) is 15.9 Å². The van der Waals surface area contributed by atoms with Crippen molar-refractivity contribution in [1.82, 2.24) is 4.98 Å². The lowest BCUT2D eigenvalue weighted by Crippen LogP contribution is -2.13. The highest BCUT2D eigenvalue weighted by atomic mass is 79.9. The van der Waals surface area contributed by atoms with E-state index in [1.807, 2.05) is 13.0 Å². The number of halogens is 1. The van der Waals surface area contributed by atoms with Gasteiger partial charge in [0.2, 0.25) is 5.88 Å². The molecule has 0 aliphatic rings. The Balaban J connectivity index is 2.44. The van der Waals surface area contributed by atoms with Crippen molar-refractivity contribution in [2.75, 3.05) is 0 Å². The third-order valence-electron chi connectivity index (χ3n) is 2.66. The zero-order chi connectivity index (χ0) is 15.6. The number of hydrogen-bond acceptors (Lipinski definition) is 5. The molecule has 0 radical (unpaired) electrons.